The van der Waals surface area contributed by atoms with Crippen molar-refractivity contribution in [2.24, 2.45) is 11.7 Å². The third-order valence-electron chi connectivity index (χ3n) is 5.58. The SMILES string of the molecule is N#Cc1ccc(CNC(=O)C2CCCN(C(=O)[C@H]3CC(N)CCO3)C2)c(OC(F)(F)F)c1. The maximum absolute atomic E-state index is 12.7. The minimum atomic E-state index is -4.93. The molecule has 2 aliphatic rings. The number of hydrogen-bond acceptors (Lipinski definition) is 6. The number of carbonyl (C=O) groups is 2. The molecule has 3 rings (SSSR count). The molecule has 32 heavy (non-hydrogen) atoms. The molecule has 0 bridgehead atoms. The largest absolute Gasteiger partial charge is 0.573 e. The summed E-state index contributed by atoms with van der Waals surface area (Å²) in [6, 6.07) is 5.29. The Kier molecular flexibility index (Phi) is 7.58. The van der Waals surface area contributed by atoms with E-state index >= 15 is 0 Å². The standard InChI is InChI=1S/C21H25F3N4O4/c22-21(23,24)32-17-8-13(10-25)3-4-14(17)11-27-19(29)15-2-1-6-28(12-15)20(30)18-9-16(26)5-7-31-18/h3-4,8,15-16,18H,1-2,5-7,9,11-12,26H2,(H,27,29)/t15?,16?,18-/m1/s1. The van der Waals surface area contributed by atoms with Gasteiger partial charge < -0.3 is 25.4 Å². The van der Waals surface area contributed by atoms with E-state index in [0.29, 0.717) is 38.8 Å². The van der Waals surface area contributed by atoms with Gasteiger partial charge in [0.25, 0.3) is 5.91 Å². The van der Waals surface area contributed by atoms with Crippen LogP contribution in [-0.2, 0) is 20.9 Å². The van der Waals surface area contributed by atoms with Crippen molar-refractivity contribution < 1.29 is 32.2 Å². The summed E-state index contributed by atoms with van der Waals surface area (Å²) in [7, 11) is 0. The number of carbonyl (C=O) groups excluding carboxylic acids is 2. The first kappa shape index (κ1) is 23.8. The average Bonchev–Trinajstić information content (AvgIpc) is 2.76. The van der Waals surface area contributed by atoms with Gasteiger partial charge in [0, 0.05) is 37.8 Å². The molecule has 0 aliphatic carbocycles. The van der Waals surface area contributed by atoms with Crippen molar-refractivity contribution in [1.82, 2.24) is 10.2 Å². The molecular formula is C21H25F3N4O4. The molecule has 1 aromatic rings. The van der Waals surface area contributed by atoms with Crippen LogP contribution in [0.25, 0.3) is 0 Å². The first-order valence-electron chi connectivity index (χ1n) is 10.4. The van der Waals surface area contributed by atoms with Gasteiger partial charge in [-0.15, -0.1) is 13.2 Å². The quantitative estimate of drug-likeness (QED) is 0.701. The van der Waals surface area contributed by atoms with Gasteiger partial charge in [0.1, 0.15) is 11.9 Å². The highest BCUT2D eigenvalue weighted by Crippen LogP contribution is 2.28. The third-order valence-corrected chi connectivity index (χ3v) is 5.58. The van der Waals surface area contributed by atoms with Crippen LogP contribution < -0.4 is 15.8 Å². The molecule has 0 saturated carbocycles. The molecule has 3 atom stereocenters. The fraction of sp³-hybridized carbons (Fsp3) is 0.571. The van der Waals surface area contributed by atoms with Gasteiger partial charge in [-0.05, 0) is 37.8 Å². The number of likely N-dealkylation sites (tertiary alicyclic amines) is 1. The van der Waals surface area contributed by atoms with E-state index in [0.717, 1.165) is 6.07 Å². The topological polar surface area (TPSA) is 118 Å². The fourth-order valence-electron chi connectivity index (χ4n) is 3.91. The molecule has 2 fully saturated rings. The van der Waals surface area contributed by atoms with Crippen molar-refractivity contribution >= 4 is 11.8 Å². The van der Waals surface area contributed by atoms with Crippen molar-refractivity contribution in [1.29, 1.82) is 5.26 Å². The minimum Gasteiger partial charge on any atom is -0.405 e. The van der Waals surface area contributed by atoms with Crippen LogP contribution in [-0.4, -0.2) is 54.9 Å². The van der Waals surface area contributed by atoms with Crippen LogP contribution in [0.5, 0.6) is 5.75 Å². The van der Waals surface area contributed by atoms with Crippen LogP contribution in [0.1, 0.15) is 36.8 Å². The van der Waals surface area contributed by atoms with E-state index < -0.39 is 24.1 Å². The van der Waals surface area contributed by atoms with Crippen molar-refractivity contribution in [3.8, 4) is 11.8 Å². The van der Waals surface area contributed by atoms with Crippen LogP contribution in [0.4, 0.5) is 13.2 Å². The summed E-state index contributed by atoms with van der Waals surface area (Å²) in [6.45, 7) is 0.930. The van der Waals surface area contributed by atoms with Gasteiger partial charge >= 0.3 is 6.36 Å². The van der Waals surface area contributed by atoms with Gasteiger partial charge in [-0.25, -0.2) is 0 Å². The maximum Gasteiger partial charge on any atom is 0.573 e. The Hall–Kier alpha value is -2.84. The Morgan fingerprint density at radius 1 is 1.34 bits per heavy atom. The van der Waals surface area contributed by atoms with Gasteiger partial charge in [-0.2, -0.15) is 5.26 Å². The van der Waals surface area contributed by atoms with Gasteiger partial charge in [0.2, 0.25) is 5.91 Å². The average molecular weight is 454 g/mol. The zero-order valence-electron chi connectivity index (χ0n) is 17.4. The van der Waals surface area contributed by atoms with Crippen LogP contribution in [0.2, 0.25) is 0 Å². The molecule has 2 heterocycles. The summed E-state index contributed by atoms with van der Waals surface area (Å²) in [5, 5.41) is 11.5. The van der Waals surface area contributed by atoms with Crippen molar-refractivity contribution in [2.75, 3.05) is 19.7 Å². The number of nitrogens with one attached hydrogen (secondary N) is 1. The fourth-order valence-corrected chi connectivity index (χ4v) is 3.91. The number of alkyl halides is 3. The molecule has 2 unspecified atom stereocenters. The number of benzene rings is 1. The van der Waals surface area contributed by atoms with Crippen molar-refractivity contribution in [3.63, 3.8) is 0 Å². The predicted molar refractivity (Wildman–Crippen MR) is 106 cm³/mol. The number of nitrogens with two attached hydrogens (primary N) is 1. The summed E-state index contributed by atoms with van der Waals surface area (Å²) < 4.78 is 47.6. The maximum atomic E-state index is 12.7. The van der Waals surface area contributed by atoms with Crippen LogP contribution in [0, 0.1) is 17.2 Å². The highest BCUT2D eigenvalue weighted by molar-refractivity contribution is 5.83. The second kappa shape index (κ2) is 10.2. The molecule has 1 aromatic carbocycles. The van der Waals surface area contributed by atoms with Gasteiger partial charge in [0.05, 0.1) is 17.6 Å². The number of ether oxygens (including phenoxy) is 2. The molecule has 2 aliphatic heterocycles. The molecule has 0 spiro atoms. The number of amides is 2. The smallest absolute Gasteiger partial charge is 0.405 e. The van der Waals surface area contributed by atoms with E-state index in [1.165, 1.54) is 12.1 Å². The second-order valence-corrected chi connectivity index (χ2v) is 7.97. The molecule has 11 heteroatoms. The Morgan fingerprint density at radius 2 is 2.12 bits per heavy atom. The van der Waals surface area contributed by atoms with Crippen LogP contribution in [0.15, 0.2) is 18.2 Å². The number of nitrogens with zero attached hydrogens (tertiary/aromatic N) is 2. The van der Waals surface area contributed by atoms with Crippen molar-refractivity contribution in [3.05, 3.63) is 29.3 Å². The van der Waals surface area contributed by atoms with Gasteiger partial charge in [0.15, 0.2) is 0 Å². The van der Waals surface area contributed by atoms with Gasteiger partial charge in [-0.1, -0.05) is 6.07 Å². The van der Waals surface area contributed by atoms with Crippen LogP contribution >= 0.6 is 0 Å². The highest BCUT2D eigenvalue weighted by atomic mass is 19.4. The number of hydrogen-bond donors (Lipinski definition) is 2. The lowest BCUT2D eigenvalue weighted by atomic mass is 9.95. The van der Waals surface area contributed by atoms with Gasteiger partial charge in [-0.3, -0.25) is 9.59 Å². The van der Waals surface area contributed by atoms with E-state index in [-0.39, 0.29) is 42.1 Å². The Labute approximate surface area is 183 Å². The Bertz CT molecular complexity index is 887. The van der Waals surface area contributed by atoms with E-state index in [9.17, 15) is 22.8 Å². The molecule has 174 valence electrons. The molecule has 8 nitrogen and oxygen atoms in total. The number of nitriles is 1. The third kappa shape index (κ3) is 6.34. The second-order valence-electron chi connectivity index (χ2n) is 7.97. The molecule has 0 aromatic heterocycles. The van der Waals surface area contributed by atoms with E-state index in [1.807, 2.05) is 0 Å². The van der Waals surface area contributed by atoms with Crippen LogP contribution in [0.3, 0.4) is 0 Å². The summed E-state index contributed by atoms with van der Waals surface area (Å²) in [5.74, 6) is -1.59. The first-order chi connectivity index (χ1) is 15.2. The highest BCUT2D eigenvalue weighted by Gasteiger charge is 2.35. The lowest BCUT2D eigenvalue weighted by Gasteiger charge is -2.36. The Balaban J connectivity index is 1.60. The summed E-state index contributed by atoms with van der Waals surface area (Å²) in [5.41, 5.74) is 6.01. The monoisotopic (exact) mass is 454 g/mol. The summed E-state index contributed by atoms with van der Waals surface area (Å²) in [4.78, 5) is 27.0. The lowest BCUT2D eigenvalue weighted by molar-refractivity contribution is -0.274. The summed E-state index contributed by atoms with van der Waals surface area (Å²) >= 11 is 0. The number of rotatable bonds is 5. The van der Waals surface area contributed by atoms with E-state index in [1.54, 1.807) is 11.0 Å². The molecular weight excluding hydrogens is 429 g/mol. The van der Waals surface area contributed by atoms with E-state index in [4.69, 9.17) is 15.7 Å². The zero-order chi connectivity index (χ0) is 23.3. The minimum absolute atomic E-state index is 0.00501. The van der Waals surface area contributed by atoms with E-state index in [2.05, 4.69) is 10.1 Å². The lowest BCUT2D eigenvalue weighted by Crippen LogP contribution is -2.51. The molecule has 2 amide bonds. The predicted octanol–water partition coefficient (Wildman–Crippen LogP) is 1.82. The Morgan fingerprint density at radius 3 is 2.81 bits per heavy atom. The molecule has 0 radical (unpaired) electrons. The zero-order valence-corrected chi connectivity index (χ0v) is 17.4. The number of piperidine rings is 1. The number of halogens is 3. The molecule has 3 N–H and O–H groups in total. The molecule has 2 saturated heterocycles. The first-order valence-corrected chi connectivity index (χ1v) is 10.4. The normalized spacial score (nSPS) is 23.8. The summed E-state index contributed by atoms with van der Waals surface area (Å²) in [6.07, 6.45) is -3.22. The van der Waals surface area contributed by atoms with Crippen molar-refractivity contribution in [2.45, 2.75) is 50.7 Å².